The van der Waals surface area contributed by atoms with Gasteiger partial charge in [-0.3, -0.25) is 9.78 Å². The van der Waals surface area contributed by atoms with Crippen molar-refractivity contribution in [2.24, 2.45) is 0 Å². The Balaban J connectivity index is 2.02. The van der Waals surface area contributed by atoms with E-state index in [2.05, 4.69) is 4.98 Å². The van der Waals surface area contributed by atoms with Gasteiger partial charge >= 0.3 is 0 Å². The Hall–Kier alpha value is -2.36. The first-order valence-electron chi connectivity index (χ1n) is 5.78. The largest absolute Gasteiger partial charge is 0.399 e. The summed E-state index contributed by atoms with van der Waals surface area (Å²) in [6, 6.07) is 9.24. The average molecular weight is 239 g/mol. The molecule has 0 atom stereocenters. The Morgan fingerprint density at radius 1 is 1.28 bits per heavy atom. The quantitative estimate of drug-likeness (QED) is 0.775. The van der Waals surface area contributed by atoms with Gasteiger partial charge in [-0.15, -0.1) is 0 Å². The van der Waals surface area contributed by atoms with Crippen molar-refractivity contribution in [3.8, 4) is 0 Å². The minimum Gasteiger partial charge on any atom is -0.399 e. The summed E-state index contributed by atoms with van der Waals surface area (Å²) in [5, 5.41) is 0. The number of nitrogens with two attached hydrogens (primary N) is 1. The van der Waals surface area contributed by atoms with E-state index in [1.54, 1.807) is 17.2 Å². The van der Waals surface area contributed by atoms with Gasteiger partial charge < -0.3 is 10.6 Å². The zero-order chi connectivity index (χ0) is 12.7. The predicted octanol–water partition coefficient (Wildman–Crippen LogP) is 2.13. The normalized spacial score (nSPS) is 13.8. The SMILES string of the molecule is Cc1cc(N2Cc3ccc(N)cc3C2=O)ccn1. The molecule has 18 heavy (non-hydrogen) atoms. The zero-order valence-corrected chi connectivity index (χ0v) is 10.1. The first kappa shape index (κ1) is 10.8. The highest BCUT2D eigenvalue weighted by molar-refractivity contribution is 6.10. The van der Waals surface area contributed by atoms with Gasteiger partial charge in [0.05, 0.1) is 6.54 Å². The maximum absolute atomic E-state index is 12.3. The van der Waals surface area contributed by atoms with Gasteiger partial charge in [-0.05, 0) is 36.8 Å². The van der Waals surface area contributed by atoms with Gasteiger partial charge in [0.1, 0.15) is 0 Å². The molecule has 2 N–H and O–H groups in total. The van der Waals surface area contributed by atoms with Crippen LogP contribution in [0.5, 0.6) is 0 Å². The maximum atomic E-state index is 12.3. The van der Waals surface area contributed by atoms with Crippen LogP contribution in [0, 0.1) is 6.92 Å². The molecule has 0 spiro atoms. The van der Waals surface area contributed by atoms with Crippen LogP contribution in [-0.4, -0.2) is 10.9 Å². The number of anilines is 2. The number of benzene rings is 1. The number of pyridine rings is 1. The second kappa shape index (κ2) is 3.84. The highest BCUT2D eigenvalue weighted by atomic mass is 16.2. The Bertz CT molecular complexity index is 637. The lowest BCUT2D eigenvalue weighted by atomic mass is 10.1. The van der Waals surface area contributed by atoms with Gasteiger partial charge in [0.25, 0.3) is 5.91 Å². The molecule has 1 amide bonds. The molecule has 2 heterocycles. The van der Waals surface area contributed by atoms with Crippen molar-refractivity contribution in [1.29, 1.82) is 0 Å². The summed E-state index contributed by atoms with van der Waals surface area (Å²) in [4.78, 5) is 18.2. The summed E-state index contributed by atoms with van der Waals surface area (Å²) in [5.41, 5.74) is 9.83. The maximum Gasteiger partial charge on any atom is 0.259 e. The molecule has 1 aromatic carbocycles. The highest BCUT2D eigenvalue weighted by Gasteiger charge is 2.28. The molecule has 3 rings (SSSR count). The van der Waals surface area contributed by atoms with Gasteiger partial charge in [-0.1, -0.05) is 6.07 Å². The molecule has 0 saturated heterocycles. The molecule has 0 unspecified atom stereocenters. The van der Waals surface area contributed by atoms with Crippen LogP contribution in [0.25, 0.3) is 0 Å². The Labute approximate surface area is 105 Å². The first-order valence-corrected chi connectivity index (χ1v) is 5.78. The van der Waals surface area contributed by atoms with Gasteiger partial charge in [-0.25, -0.2) is 0 Å². The van der Waals surface area contributed by atoms with E-state index in [0.29, 0.717) is 17.8 Å². The van der Waals surface area contributed by atoms with E-state index in [1.807, 2.05) is 31.2 Å². The number of hydrogen-bond donors (Lipinski definition) is 1. The van der Waals surface area contributed by atoms with Crippen LogP contribution in [0.4, 0.5) is 11.4 Å². The third-order valence-corrected chi connectivity index (χ3v) is 3.13. The third-order valence-electron chi connectivity index (χ3n) is 3.13. The first-order chi connectivity index (χ1) is 8.65. The number of nitrogen functional groups attached to an aromatic ring is 1. The second-order valence-corrected chi connectivity index (χ2v) is 4.46. The van der Waals surface area contributed by atoms with Crippen molar-refractivity contribution in [3.05, 3.63) is 53.3 Å². The van der Waals surface area contributed by atoms with E-state index < -0.39 is 0 Å². The van der Waals surface area contributed by atoms with E-state index in [-0.39, 0.29) is 5.91 Å². The Kier molecular flexibility index (Phi) is 2.30. The molecule has 90 valence electrons. The summed E-state index contributed by atoms with van der Waals surface area (Å²) in [7, 11) is 0. The number of fused-ring (bicyclic) bond motifs is 1. The number of aryl methyl sites for hydroxylation is 1. The van der Waals surface area contributed by atoms with Gasteiger partial charge in [0, 0.05) is 28.8 Å². The molecule has 1 aliphatic rings. The van der Waals surface area contributed by atoms with Crippen LogP contribution in [0.2, 0.25) is 0 Å². The standard InChI is InChI=1S/C14H13N3O/c1-9-6-12(4-5-16-9)17-8-10-2-3-11(15)7-13(10)14(17)18/h2-7H,8,15H2,1H3. The van der Waals surface area contributed by atoms with Gasteiger partial charge in [0.2, 0.25) is 0 Å². The number of aromatic nitrogens is 1. The molecular weight excluding hydrogens is 226 g/mol. The number of amides is 1. The van der Waals surface area contributed by atoms with Crippen LogP contribution in [-0.2, 0) is 6.54 Å². The van der Waals surface area contributed by atoms with Crippen LogP contribution in [0.15, 0.2) is 36.5 Å². The average Bonchev–Trinajstić information content (AvgIpc) is 2.67. The fourth-order valence-electron chi connectivity index (χ4n) is 2.23. The molecule has 0 bridgehead atoms. The number of carbonyl (C=O) groups is 1. The lowest BCUT2D eigenvalue weighted by Crippen LogP contribution is -2.23. The van der Waals surface area contributed by atoms with Crippen LogP contribution >= 0.6 is 0 Å². The molecule has 0 radical (unpaired) electrons. The van der Waals surface area contributed by atoms with E-state index in [4.69, 9.17) is 5.73 Å². The van der Waals surface area contributed by atoms with Crippen LogP contribution in [0.3, 0.4) is 0 Å². The predicted molar refractivity (Wildman–Crippen MR) is 70.3 cm³/mol. The summed E-state index contributed by atoms with van der Waals surface area (Å²) in [6.45, 7) is 2.51. The van der Waals surface area contributed by atoms with Crippen LogP contribution < -0.4 is 10.6 Å². The Morgan fingerprint density at radius 3 is 2.89 bits per heavy atom. The summed E-state index contributed by atoms with van der Waals surface area (Å²) < 4.78 is 0. The molecule has 4 nitrogen and oxygen atoms in total. The van der Waals surface area contributed by atoms with Gasteiger partial charge in [0.15, 0.2) is 0 Å². The third kappa shape index (κ3) is 1.62. The van der Waals surface area contributed by atoms with E-state index in [0.717, 1.165) is 16.9 Å². The molecule has 0 aliphatic carbocycles. The molecule has 0 saturated carbocycles. The molecule has 4 heteroatoms. The van der Waals surface area contributed by atoms with Crippen molar-refractivity contribution in [1.82, 2.24) is 4.98 Å². The minimum atomic E-state index is 0.00269. The smallest absolute Gasteiger partial charge is 0.259 e. The van der Waals surface area contributed by atoms with Crippen molar-refractivity contribution in [3.63, 3.8) is 0 Å². The van der Waals surface area contributed by atoms with E-state index in [9.17, 15) is 4.79 Å². The van der Waals surface area contributed by atoms with Crippen molar-refractivity contribution < 1.29 is 4.79 Å². The fraction of sp³-hybridized carbons (Fsp3) is 0.143. The summed E-state index contributed by atoms with van der Waals surface area (Å²) in [6.07, 6.45) is 1.72. The minimum absolute atomic E-state index is 0.00269. The number of hydrogen-bond acceptors (Lipinski definition) is 3. The topological polar surface area (TPSA) is 59.2 Å². The molecule has 1 aromatic heterocycles. The van der Waals surface area contributed by atoms with Crippen molar-refractivity contribution >= 4 is 17.3 Å². The lowest BCUT2D eigenvalue weighted by molar-refractivity contribution is 0.0996. The summed E-state index contributed by atoms with van der Waals surface area (Å²) >= 11 is 0. The van der Waals surface area contributed by atoms with Gasteiger partial charge in [-0.2, -0.15) is 0 Å². The van der Waals surface area contributed by atoms with Crippen molar-refractivity contribution in [2.75, 3.05) is 10.6 Å². The zero-order valence-electron chi connectivity index (χ0n) is 10.1. The highest BCUT2D eigenvalue weighted by Crippen LogP contribution is 2.29. The molecule has 2 aromatic rings. The molecular formula is C14H13N3O. The van der Waals surface area contributed by atoms with E-state index in [1.165, 1.54) is 0 Å². The lowest BCUT2D eigenvalue weighted by Gasteiger charge is -2.15. The fourth-order valence-corrected chi connectivity index (χ4v) is 2.23. The summed E-state index contributed by atoms with van der Waals surface area (Å²) in [5.74, 6) is 0.00269. The number of carbonyl (C=O) groups excluding carboxylic acids is 1. The second-order valence-electron chi connectivity index (χ2n) is 4.46. The van der Waals surface area contributed by atoms with Crippen LogP contribution in [0.1, 0.15) is 21.6 Å². The molecule has 1 aliphatic heterocycles. The molecule has 0 fully saturated rings. The monoisotopic (exact) mass is 239 g/mol. The number of rotatable bonds is 1. The van der Waals surface area contributed by atoms with Crippen molar-refractivity contribution in [2.45, 2.75) is 13.5 Å². The Morgan fingerprint density at radius 2 is 2.11 bits per heavy atom. The van der Waals surface area contributed by atoms with E-state index >= 15 is 0 Å². The number of nitrogens with zero attached hydrogens (tertiary/aromatic N) is 2.